The SMILES string of the molecule is COc1ccc(CCNc2ccc(NC(=O)C3CCCO3)cn2)cc1OC. The smallest absolute Gasteiger partial charge is 0.253 e. The molecule has 2 heterocycles. The number of aromatic nitrogens is 1. The summed E-state index contributed by atoms with van der Waals surface area (Å²) in [6, 6.07) is 9.56. The van der Waals surface area contributed by atoms with E-state index in [0.29, 0.717) is 12.3 Å². The summed E-state index contributed by atoms with van der Waals surface area (Å²) in [6.07, 6.45) is 3.82. The fourth-order valence-corrected chi connectivity index (χ4v) is 2.95. The van der Waals surface area contributed by atoms with Crippen LogP contribution in [0.5, 0.6) is 11.5 Å². The molecule has 1 atom stereocenters. The minimum absolute atomic E-state index is 0.108. The monoisotopic (exact) mass is 371 g/mol. The van der Waals surface area contributed by atoms with E-state index in [1.807, 2.05) is 30.3 Å². The van der Waals surface area contributed by atoms with Gasteiger partial charge in [0.05, 0.1) is 26.1 Å². The van der Waals surface area contributed by atoms with Gasteiger partial charge in [-0.2, -0.15) is 0 Å². The zero-order valence-corrected chi connectivity index (χ0v) is 15.7. The van der Waals surface area contributed by atoms with Crippen molar-refractivity contribution in [2.45, 2.75) is 25.4 Å². The molecule has 7 nitrogen and oxygen atoms in total. The quantitative estimate of drug-likeness (QED) is 0.743. The standard InChI is InChI=1S/C20H25N3O4/c1-25-16-7-5-14(12-18(16)26-2)9-10-21-19-8-6-15(13-22-19)23-20(24)17-4-3-11-27-17/h5-8,12-13,17H,3-4,9-11H2,1-2H3,(H,21,22)(H,23,24). The average molecular weight is 371 g/mol. The molecule has 1 amide bonds. The van der Waals surface area contributed by atoms with Crippen LogP contribution in [-0.4, -0.2) is 44.4 Å². The second kappa shape index (κ2) is 9.23. The Labute approximate surface area is 159 Å². The van der Waals surface area contributed by atoms with E-state index in [0.717, 1.165) is 48.7 Å². The topological polar surface area (TPSA) is 81.7 Å². The highest BCUT2D eigenvalue weighted by Crippen LogP contribution is 2.27. The highest BCUT2D eigenvalue weighted by atomic mass is 16.5. The van der Waals surface area contributed by atoms with Crippen molar-refractivity contribution in [2.75, 3.05) is 38.0 Å². The molecule has 1 unspecified atom stereocenters. The summed E-state index contributed by atoms with van der Waals surface area (Å²) in [5.74, 6) is 2.09. The van der Waals surface area contributed by atoms with Gasteiger partial charge < -0.3 is 24.8 Å². The number of nitrogens with one attached hydrogen (secondary N) is 2. The molecule has 0 radical (unpaired) electrons. The maximum atomic E-state index is 12.0. The van der Waals surface area contributed by atoms with Gasteiger partial charge in [0.2, 0.25) is 0 Å². The van der Waals surface area contributed by atoms with Gasteiger partial charge in [-0.05, 0) is 49.1 Å². The van der Waals surface area contributed by atoms with Gasteiger partial charge in [-0.15, -0.1) is 0 Å². The molecule has 2 aromatic rings. The molecule has 1 aliphatic rings. The molecule has 2 N–H and O–H groups in total. The molecule has 1 saturated heterocycles. The highest BCUT2D eigenvalue weighted by Gasteiger charge is 2.23. The fraction of sp³-hybridized carbons (Fsp3) is 0.400. The van der Waals surface area contributed by atoms with E-state index in [1.54, 1.807) is 20.4 Å². The normalized spacial score (nSPS) is 16.0. The van der Waals surface area contributed by atoms with Crippen LogP contribution < -0.4 is 20.1 Å². The van der Waals surface area contributed by atoms with E-state index in [1.165, 1.54) is 0 Å². The predicted octanol–water partition coefficient (Wildman–Crippen LogP) is 2.87. The number of hydrogen-bond donors (Lipinski definition) is 2. The number of amides is 1. The number of carbonyl (C=O) groups is 1. The summed E-state index contributed by atoms with van der Waals surface area (Å²) in [7, 11) is 3.25. The van der Waals surface area contributed by atoms with Crippen molar-refractivity contribution in [3.63, 3.8) is 0 Å². The number of ether oxygens (including phenoxy) is 3. The Kier molecular flexibility index (Phi) is 6.49. The number of benzene rings is 1. The van der Waals surface area contributed by atoms with Crippen molar-refractivity contribution < 1.29 is 19.0 Å². The third-order valence-electron chi connectivity index (χ3n) is 4.42. The molecule has 1 aliphatic heterocycles. The maximum Gasteiger partial charge on any atom is 0.253 e. The molecule has 27 heavy (non-hydrogen) atoms. The van der Waals surface area contributed by atoms with Crippen LogP contribution >= 0.6 is 0 Å². The number of anilines is 2. The van der Waals surface area contributed by atoms with Crippen LogP contribution in [0.4, 0.5) is 11.5 Å². The van der Waals surface area contributed by atoms with Gasteiger partial charge in [-0.25, -0.2) is 4.98 Å². The largest absolute Gasteiger partial charge is 0.493 e. The zero-order valence-electron chi connectivity index (χ0n) is 15.7. The van der Waals surface area contributed by atoms with E-state index >= 15 is 0 Å². The van der Waals surface area contributed by atoms with E-state index in [2.05, 4.69) is 15.6 Å². The number of pyridine rings is 1. The molecule has 1 aromatic heterocycles. The Balaban J connectivity index is 1.48. The number of nitrogens with zero attached hydrogens (tertiary/aromatic N) is 1. The third kappa shape index (κ3) is 5.10. The highest BCUT2D eigenvalue weighted by molar-refractivity contribution is 5.94. The Hall–Kier alpha value is -2.80. The molecule has 7 heteroatoms. The summed E-state index contributed by atoms with van der Waals surface area (Å²) < 4.78 is 15.9. The van der Waals surface area contributed by atoms with Gasteiger partial charge in [-0.1, -0.05) is 6.07 Å². The van der Waals surface area contributed by atoms with Crippen molar-refractivity contribution in [3.8, 4) is 11.5 Å². The minimum Gasteiger partial charge on any atom is -0.493 e. The van der Waals surface area contributed by atoms with Crippen molar-refractivity contribution >= 4 is 17.4 Å². The van der Waals surface area contributed by atoms with Crippen LogP contribution in [0.1, 0.15) is 18.4 Å². The molecular weight excluding hydrogens is 346 g/mol. The molecular formula is C20H25N3O4. The summed E-state index contributed by atoms with van der Waals surface area (Å²) >= 11 is 0. The zero-order chi connectivity index (χ0) is 19.1. The van der Waals surface area contributed by atoms with E-state index < -0.39 is 0 Å². The molecule has 0 saturated carbocycles. The van der Waals surface area contributed by atoms with Crippen LogP contribution in [0.3, 0.4) is 0 Å². The second-order valence-electron chi connectivity index (χ2n) is 6.29. The molecule has 0 aliphatic carbocycles. The van der Waals surface area contributed by atoms with Crippen LogP contribution in [-0.2, 0) is 16.0 Å². The van der Waals surface area contributed by atoms with Gasteiger partial charge in [-0.3, -0.25) is 4.79 Å². The predicted molar refractivity (Wildman–Crippen MR) is 104 cm³/mol. The number of carbonyl (C=O) groups excluding carboxylic acids is 1. The Morgan fingerprint density at radius 1 is 1.22 bits per heavy atom. The average Bonchev–Trinajstić information content (AvgIpc) is 3.24. The van der Waals surface area contributed by atoms with Crippen LogP contribution in [0.25, 0.3) is 0 Å². The fourth-order valence-electron chi connectivity index (χ4n) is 2.95. The van der Waals surface area contributed by atoms with Crippen molar-refractivity contribution in [2.24, 2.45) is 0 Å². The molecule has 0 spiro atoms. The molecule has 144 valence electrons. The van der Waals surface area contributed by atoms with Gasteiger partial charge in [0.1, 0.15) is 11.9 Å². The van der Waals surface area contributed by atoms with Crippen molar-refractivity contribution in [1.82, 2.24) is 4.98 Å². The lowest BCUT2D eigenvalue weighted by Crippen LogP contribution is -2.26. The second-order valence-corrected chi connectivity index (χ2v) is 6.29. The first kappa shape index (κ1) is 19.0. The number of hydrogen-bond acceptors (Lipinski definition) is 6. The van der Waals surface area contributed by atoms with Gasteiger partial charge >= 0.3 is 0 Å². The summed E-state index contributed by atoms with van der Waals surface area (Å²) in [5.41, 5.74) is 1.81. The lowest BCUT2D eigenvalue weighted by atomic mass is 10.1. The Morgan fingerprint density at radius 2 is 2.07 bits per heavy atom. The first-order valence-corrected chi connectivity index (χ1v) is 9.03. The van der Waals surface area contributed by atoms with E-state index in [-0.39, 0.29) is 12.0 Å². The van der Waals surface area contributed by atoms with Gasteiger partial charge in [0.15, 0.2) is 11.5 Å². The summed E-state index contributed by atoms with van der Waals surface area (Å²) in [5, 5.41) is 6.11. The Morgan fingerprint density at radius 3 is 2.74 bits per heavy atom. The number of methoxy groups -OCH3 is 2. The molecule has 3 rings (SSSR count). The molecule has 1 aromatic carbocycles. The first-order valence-electron chi connectivity index (χ1n) is 9.03. The van der Waals surface area contributed by atoms with Crippen LogP contribution in [0, 0.1) is 0 Å². The van der Waals surface area contributed by atoms with Gasteiger partial charge in [0, 0.05) is 13.2 Å². The minimum atomic E-state index is -0.343. The summed E-state index contributed by atoms with van der Waals surface area (Å²) in [6.45, 7) is 1.38. The molecule has 1 fully saturated rings. The Bertz CT molecular complexity index is 758. The van der Waals surface area contributed by atoms with Crippen molar-refractivity contribution in [3.05, 3.63) is 42.1 Å². The van der Waals surface area contributed by atoms with Crippen molar-refractivity contribution in [1.29, 1.82) is 0 Å². The lowest BCUT2D eigenvalue weighted by Gasteiger charge is -2.11. The van der Waals surface area contributed by atoms with Gasteiger partial charge in [0.25, 0.3) is 5.91 Å². The van der Waals surface area contributed by atoms with Crippen LogP contribution in [0.2, 0.25) is 0 Å². The summed E-state index contributed by atoms with van der Waals surface area (Å²) in [4.78, 5) is 16.4. The lowest BCUT2D eigenvalue weighted by molar-refractivity contribution is -0.124. The van der Waals surface area contributed by atoms with E-state index in [9.17, 15) is 4.79 Å². The third-order valence-corrected chi connectivity index (χ3v) is 4.42. The van der Waals surface area contributed by atoms with Crippen LogP contribution in [0.15, 0.2) is 36.5 Å². The van der Waals surface area contributed by atoms with E-state index in [4.69, 9.17) is 14.2 Å². The first-order chi connectivity index (χ1) is 13.2. The molecule has 0 bridgehead atoms. The maximum absolute atomic E-state index is 12.0. The number of rotatable bonds is 8.